The number of methoxy groups -OCH3 is 2. The van der Waals surface area contributed by atoms with Crippen molar-refractivity contribution in [2.75, 3.05) is 76.4 Å². The number of hydrogen-bond acceptors (Lipinski definition) is 12. The Morgan fingerprint density at radius 2 is 1.28 bits per heavy atom. The van der Waals surface area contributed by atoms with Gasteiger partial charge in [-0.25, -0.2) is 4.39 Å². The van der Waals surface area contributed by atoms with Crippen LogP contribution in [0.2, 0.25) is 0 Å². The predicted molar refractivity (Wildman–Crippen MR) is 207 cm³/mol. The van der Waals surface area contributed by atoms with E-state index >= 15 is 0 Å². The lowest BCUT2D eigenvalue weighted by Gasteiger charge is -2.36. The molecule has 302 valence electrons. The van der Waals surface area contributed by atoms with Crippen molar-refractivity contribution in [3.05, 3.63) is 96.4 Å². The molecule has 9 rings (SSSR count). The molecular formula is C41H41F3N8O6. The highest BCUT2D eigenvalue weighted by molar-refractivity contribution is 6.05. The van der Waals surface area contributed by atoms with Crippen molar-refractivity contribution < 1.29 is 41.1 Å². The Kier molecular flexibility index (Phi) is 10.3. The molecule has 6 aromatic rings. The third kappa shape index (κ3) is 7.55. The van der Waals surface area contributed by atoms with Crippen LogP contribution in [0.4, 0.5) is 24.5 Å². The third-order valence-corrected chi connectivity index (χ3v) is 10.6. The highest BCUT2D eigenvalue weighted by Gasteiger charge is 2.48. The molecule has 2 aliphatic heterocycles. The van der Waals surface area contributed by atoms with Crippen molar-refractivity contribution >= 4 is 45.3 Å². The van der Waals surface area contributed by atoms with Crippen LogP contribution in [0.3, 0.4) is 0 Å². The van der Waals surface area contributed by atoms with Crippen LogP contribution < -0.4 is 19.3 Å². The largest absolute Gasteiger partial charge is 0.494 e. The maximum atomic E-state index is 14.4. The van der Waals surface area contributed by atoms with Gasteiger partial charge in [0, 0.05) is 114 Å². The monoisotopic (exact) mass is 798 g/mol. The molecule has 2 saturated heterocycles. The topological polar surface area (TPSA) is 143 Å². The second-order valence-corrected chi connectivity index (χ2v) is 14.4. The lowest BCUT2D eigenvalue weighted by Crippen LogP contribution is -2.49. The predicted octanol–water partition coefficient (Wildman–Crippen LogP) is 6.46. The van der Waals surface area contributed by atoms with Gasteiger partial charge in [0.2, 0.25) is 0 Å². The van der Waals surface area contributed by atoms with Crippen molar-refractivity contribution in [2.45, 2.75) is 31.4 Å². The van der Waals surface area contributed by atoms with Gasteiger partial charge in [-0.1, -0.05) is 0 Å². The smallest absolute Gasteiger partial charge is 0.302 e. The van der Waals surface area contributed by atoms with Gasteiger partial charge >= 0.3 is 5.92 Å². The van der Waals surface area contributed by atoms with Crippen LogP contribution >= 0.6 is 0 Å². The molecule has 0 spiro atoms. The second-order valence-electron chi connectivity index (χ2n) is 14.4. The molecule has 2 amide bonds. The normalized spacial score (nSPS) is 16.6. The van der Waals surface area contributed by atoms with Crippen LogP contribution in [-0.4, -0.2) is 108 Å². The summed E-state index contributed by atoms with van der Waals surface area (Å²) in [6, 6.07) is 7.96. The van der Waals surface area contributed by atoms with Gasteiger partial charge in [-0.3, -0.25) is 29.5 Å². The average Bonchev–Trinajstić information content (AvgIpc) is 3.61. The summed E-state index contributed by atoms with van der Waals surface area (Å²) in [6.45, 7) is 5.30. The second kappa shape index (κ2) is 15.5. The van der Waals surface area contributed by atoms with E-state index in [9.17, 15) is 22.8 Å². The fourth-order valence-corrected chi connectivity index (χ4v) is 7.22. The number of anilines is 2. The standard InChI is InChI=1S/C21H21FN4O3.C20H20F2N4O3/c1-28-17-2-5-23-13-16(17)25-6-8-26(9-7-25)20(27)15-12-24-11-14-10-18(29-19(14)15)21(22)3-4-21;1-20(21,22)17-11-14-18(29-17)13(3-6-24-14)19(27)26-9-7-25(8-10-26)15-12-23-5-4-16(15)28-2/h2,5,10-13H,3-4,6-9H2,1H3;3-6,11-12H,7-10H2,1-2H3. The Labute approximate surface area is 331 Å². The zero-order chi connectivity index (χ0) is 40.6. The number of alkyl halides is 3. The third-order valence-electron chi connectivity index (χ3n) is 10.6. The molecule has 6 aromatic heterocycles. The van der Waals surface area contributed by atoms with Crippen LogP contribution in [0.5, 0.6) is 11.5 Å². The summed E-state index contributed by atoms with van der Waals surface area (Å²) in [7, 11) is 3.23. The number of nitrogens with zero attached hydrogens (tertiary/aromatic N) is 8. The lowest BCUT2D eigenvalue weighted by molar-refractivity contribution is -0.00391. The minimum atomic E-state index is -3.14. The Morgan fingerprint density at radius 1 is 0.707 bits per heavy atom. The van der Waals surface area contributed by atoms with E-state index in [-0.39, 0.29) is 28.5 Å². The molecular weight excluding hydrogens is 757 g/mol. The highest BCUT2D eigenvalue weighted by atomic mass is 19.3. The van der Waals surface area contributed by atoms with Gasteiger partial charge in [0.15, 0.2) is 17.0 Å². The summed E-state index contributed by atoms with van der Waals surface area (Å²) < 4.78 is 63.5. The zero-order valence-electron chi connectivity index (χ0n) is 32.2. The number of ether oxygens (including phenoxy) is 2. The first-order valence-electron chi connectivity index (χ1n) is 18.9. The molecule has 0 radical (unpaired) electrons. The number of fused-ring (bicyclic) bond motifs is 2. The van der Waals surface area contributed by atoms with Gasteiger partial charge in [-0.15, -0.1) is 0 Å². The summed E-state index contributed by atoms with van der Waals surface area (Å²) in [5.41, 5.74) is 1.77. The highest BCUT2D eigenvalue weighted by Crippen LogP contribution is 2.51. The number of pyridine rings is 4. The SMILES string of the molecule is COc1ccncc1N1CCN(C(=O)c2ccnc3cc(C(C)(F)F)oc23)CC1.COc1ccncc1N1CCN(C(=O)c2cncc3cc(C4(F)CC4)oc23)CC1. The lowest BCUT2D eigenvalue weighted by atomic mass is 10.1. The Morgan fingerprint density at radius 3 is 1.81 bits per heavy atom. The van der Waals surface area contributed by atoms with Gasteiger partial charge in [-0.2, -0.15) is 8.78 Å². The van der Waals surface area contributed by atoms with Gasteiger partial charge in [-0.05, 0) is 25.0 Å². The van der Waals surface area contributed by atoms with Gasteiger partial charge in [0.05, 0.1) is 43.6 Å². The first-order valence-corrected chi connectivity index (χ1v) is 18.9. The maximum absolute atomic E-state index is 14.4. The fraction of sp³-hybridized carbons (Fsp3) is 0.366. The number of aromatic nitrogens is 4. The maximum Gasteiger partial charge on any atom is 0.302 e. The molecule has 0 aromatic carbocycles. The van der Waals surface area contributed by atoms with Crippen molar-refractivity contribution in [1.29, 1.82) is 0 Å². The quantitative estimate of drug-likeness (QED) is 0.167. The molecule has 58 heavy (non-hydrogen) atoms. The minimum Gasteiger partial charge on any atom is -0.494 e. The van der Waals surface area contributed by atoms with E-state index < -0.39 is 17.4 Å². The summed E-state index contributed by atoms with van der Waals surface area (Å²) in [6.07, 6.45) is 12.3. The van der Waals surface area contributed by atoms with Crippen molar-refractivity contribution in [3.8, 4) is 11.5 Å². The van der Waals surface area contributed by atoms with Crippen LogP contribution in [0.25, 0.3) is 22.1 Å². The number of hydrogen-bond donors (Lipinski definition) is 0. The van der Waals surface area contributed by atoms with Crippen molar-refractivity contribution in [2.24, 2.45) is 0 Å². The average molecular weight is 799 g/mol. The molecule has 8 heterocycles. The van der Waals surface area contributed by atoms with Crippen LogP contribution in [0.15, 0.2) is 82.5 Å². The molecule has 3 aliphatic rings. The number of amides is 2. The number of piperazine rings is 2. The molecule has 14 nitrogen and oxygen atoms in total. The van der Waals surface area contributed by atoms with E-state index in [1.807, 2.05) is 6.07 Å². The number of rotatable bonds is 8. The van der Waals surface area contributed by atoms with E-state index in [4.69, 9.17) is 18.3 Å². The number of carbonyl (C=O) groups is 2. The van der Waals surface area contributed by atoms with E-state index in [1.54, 1.807) is 67.1 Å². The molecule has 17 heteroatoms. The summed E-state index contributed by atoms with van der Waals surface area (Å²) in [5, 5.41) is 0.661. The number of halogens is 3. The van der Waals surface area contributed by atoms with E-state index in [2.05, 4.69) is 29.7 Å². The van der Waals surface area contributed by atoms with E-state index in [1.165, 1.54) is 24.5 Å². The Hall–Kier alpha value is -6.39. The molecule has 3 fully saturated rings. The number of furan rings is 2. The van der Waals surface area contributed by atoms with Crippen molar-refractivity contribution in [1.82, 2.24) is 29.7 Å². The summed E-state index contributed by atoms with van der Waals surface area (Å²) >= 11 is 0. The van der Waals surface area contributed by atoms with E-state index in [0.29, 0.717) is 87.5 Å². The Bertz CT molecular complexity index is 2290. The van der Waals surface area contributed by atoms with Crippen molar-refractivity contribution in [3.63, 3.8) is 0 Å². The van der Waals surface area contributed by atoms with Gasteiger partial charge in [0.25, 0.3) is 11.8 Å². The van der Waals surface area contributed by atoms with Crippen LogP contribution in [0, 0.1) is 0 Å². The summed E-state index contributed by atoms with van der Waals surface area (Å²) in [4.78, 5) is 50.4. The molecule has 0 N–H and O–H groups in total. The molecule has 0 bridgehead atoms. The fourth-order valence-electron chi connectivity index (χ4n) is 7.22. The molecule has 0 unspecified atom stereocenters. The van der Waals surface area contributed by atoms with E-state index in [0.717, 1.165) is 29.8 Å². The minimum absolute atomic E-state index is 0.0883. The molecule has 1 saturated carbocycles. The summed E-state index contributed by atoms with van der Waals surface area (Å²) in [5.74, 6) is -2.29. The van der Waals surface area contributed by atoms with Crippen LogP contribution in [0.1, 0.15) is 52.0 Å². The Balaban J connectivity index is 0.000000162. The molecule has 1 aliphatic carbocycles. The number of carbonyl (C=O) groups excluding carboxylic acids is 2. The zero-order valence-corrected chi connectivity index (χ0v) is 32.2. The first-order chi connectivity index (χ1) is 28.0. The van der Waals surface area contributed by atoms with Gasteiger partial charge in [0.1, 0.15) is 33.9 Å². The molecule has 0 atom stereocenters. The van der Waals surface area contributed by atoms with Crippen LogP contribution in [-0.2, 0) is 11.6 Å². The first kappa shape index (κ1) is 38.5. The van der Waals surface area contributed by atoms with Gasteiger partial charge < -0.3 is 37.9 Å².